The summed E-state index contributed by atoms with van der Waals surface area (Å²) < 4.78 is 12.0. The van der Waals surface area contributed by atoms with Crippen LogP contribution in [0.1, 0.15) is 53.9 Å². The molecule has 1 aliphatic rings. The zero-order valence-electron chi connectivity index (χ0n) is 12.1. The molecule has 0 spiro atoms. The van der Waals surface area contributed by atoms with Crippen molar-refractivity contribution in [2.24, 2.45) is 0 Å². The lowest BCUT2D eigenvalue weighted by molar-refractivity contribution is -0.145. The minimum Gasteiger partial charge on any atom is -0.375 e. The Balaban J connectivity index is 2.35. The largest absolute Gasteiger partial charge is 0.375 e. The maximum Gasteiger partial charge on any atom is 0.0754 e. The molecule has 0 aliphatic carbocycles. The van der Waals surface area contributed by atoms with Gasteiger partial charge in [0.2, 0.25) is 0 Å². The second-order valence-corrected chi connectivity index (χ2v) is 5.91. The summed E-state index contributed by atoms with van der Waals surface area (Å²) in [6, 6.07) is 0. The second kappa shape index (κ2) is 6.72. The van der Waals surface area contributed by atoms with Crippen molar-refractivity contribution in [3.05, 3.63) is 0 Å². The van der Waals surface area contributed by atoms with Crippen LogP contribution in [0.4, 0.5) is 0 Å². The Morgan fingerprint density at radius 1 is 1.24 bits per heavy atom. The van der Waals surface area contributed by atoms with Crippen LogP contribution in [0, 0.1) is 0 Å². The van der Waals surface area contributed by atoms with Crippen molar-refractivity contribution in [2.75, 3.05) is 13.1 Å². The number of rotatable bonds is 6. The summed E-state index contributed by atoms with van der Waals surface area (Å²) in [6.07, 6.45) is 4.18. The molecule has 0 bridgehead atoms. The molecule has 2 atom stereocenters. The summed E-state index contributed by atoms with van der Waals surface area (Å²) in [5.41, 5.74) is -0.0867. The monoisotopic (exact) mass is 243 g/mol. The zero-order chi connectivity index (χ0) is 12.9. The van der Waals surface area contributed by atoms with Crippen molar-refractivity contribution >= 4 is 0 Å². The van der Waals surface area contributed by atoms with Gasteiger partial charge < -0.3 is 14.8 Å². The summed E-state index contributed by atoms with van der Waals surface area (Å²) in [5, 5.41) is 3.43. The van der Waals surface area contributed by atoms with Crippen molar-refractivity contribution in [1.82, 2.24) is 5.32 Å². The predicted molar refractivity (Wildman–Crippen MR) is 71.4 cm³/mol. The fourth-order valence-electron chi connectivity index (χ4n) is 2.50. The van der Waals surface area contributed by atoms with Gasteiger partial charge in [-0.25, -0.2) is 0 Å². The van der Waals surface area contributed by atoms with Gasteiger partial charge in [0.25, 0.3) is 0 Å². The first-order chi connectivity index (χ1) is 7.93. The molecule has 102 valence electrons. The molecule has 3 heteroatoms. The first-order valence-corrected chi connectivity index (χ1v) is 6.97. The van der Waals surface area contributed by atoms with Gasteiger partial charge in [-0.15, -0.1) is 0 Å². The average Bonchev–Trinajstić information content (AvgIpc) is 2.14. The smallest absolute Gasteiger partial charge is 0.0754 e. The van der Waals surface area contributed by atoms with Gasteiger partial charge in [0, 0.05) is 6.54 Å². The van der Waals surface area contributed by atoms with E-state index in [0.29, 0.717) is 18.3 Å². The standard InChI is InChI=1S/C14H29NO2/c1-6-7-15-10-14(4,5)17-13-8-11(2)16-12(3)9-13/h11-13,15H,6-10H2,1-5H3. The lowest BCUT2D eigenvalue weighted by Gasteiger charge is -2.37. The SMILES string of the molecule is CCCNCC(C)(C)OC1CC(C)OC(C)C1. The maximum absolute atomic E-state index is 6.22. The topological polar surface area (TPSA) is 30.5 Å². The zero-order valence-corrected chi connectivity index (χ0v) is 12.1. The summed E-state index contributed by atoms with van der Waals surface area (Å²) in [4.78, 5) is 0. The van der Waals surface area contributed by atoms with E-state index in [2.05, 4.69) is 39.9 Å². The van der Waals surface area contributed by atoms with Gasteiger partial charge >= 0.3 is 0 Å². The number of hydrogen-bond acceptors (Lipinski definition) is 3. The van der Waals surface area contributed by atoms with E-state index in [1.165, 1.54) is 6.42 Å². The maximum atomic E-state index is 6.22. The van der Waals surface area contributed by atoms with Crippen molar-refractivity contribution in [3.8, 4) is 0 Å². The lowest BCUT2D eigenvalue weighted by atomic mass is 10.0. The highest BCUT2D eigenvalue weighted by Gasteiger charge is 2.30. The molecule has 0 aromatic carbocycles. The Morgan fingerprint density at radius 3 is 2.35 bits per heavy atom. The molecule has 0 radical (unpaired) electrons. The molecule has 3 nitrogen and oxygen atoms in total. The van der Waals surface area contributed by atoms with E-state index in [-0.39, 0.29) is 5.60 Å². The summed E-state index contributed by atoms with van der Waals surface area (Å²) in [6.45, 7) is 12.8. The normalized spacial score (nSPS) is 30.5. The van der Waals surface area contributed by atoms with Gasteiger partial charge in [-0.2, -0.15) is 0 Å². The summed E-state index contributed by atoms with van der Waals surface area (Å²) >= 11 is 0. The van der Waals surface area contributed by atoms with Crippen LogP contribution in [0.3, 0.4) is 0 Å². The van der Waals surface area contributed by atoms with Crippen LogP contribution in [0.5, 0.6) is 0 Å². The molecule has 1 N–H and O–H groups in total. The van der Waals surface area contributed by atoms with E-state index in [1.807, 2.05) is 0 Å². The molecule has 17 heavy (non-hydrogen) atoms. The van der Waals surface area contributed by atoms with Gasteiger partial charge in [-0.1, -0.05) is 6.92 Å². The first kappa shape index (κ1) is 14.9. The fraction of sp³-hybridized carbons (Fsp3) is 1.00. The van der Waals surface area contributed by atoms with E-state index in [1.54, 1.807) is 0 Å². The van der Waals surface area contributed by atoms with Crippen molar-refractivity contribution in [3.63, 3.8) is 0 Å². The Bertz CT molecular complexity index is 208. The number of nitrogens with one attached hydrogen (secondary N) is 1. The molecular formula is C14H29NO2. The Kier molecular flexibility index (Phi) is 5.90. The molecule has 1 fully saturated rings. The second-order valence-electron chi connectivity index (χ2n) is 5.91. The molecule has 1 aliphatic heterocycles. The van der Waals surface area contributed by atoms with Crippen molar-refractivity contribution in [2.45, 2.75) is 77.8 Å². The first-order valence-electron chi connectivity index (χ1n) is 6.97. The highest BCUT2D eigenvalue weighted by Crippen LogP contribution is 2.25. The third-order valence-corrected chi connectivity index (χ3v) is 3.12. The highest BCUT2D eigenvalue weighted by molar-refractivity contribution is 4.79. The van der Waals surface area contributed by atoms with Gasteiger partial charge in [0.1, 0.15) is 0 Å². The van der Waals surface area contributed by atoms with E-state index >= 15 is 0 Å². The number of ether oxygens (including phenoxy) is 2. The molecule has 0 amide bonds. The van der Waals surface area contributed by atoms with Crippen LogP contribution in [-0.2, 0) is 9.47 Å². The number of hydrogen-bond donors (Lipinski definition) is 1. The van der Waals surface area contributed by atoms with Gasteiger partial charge in [0.05, 0.1) is 23.9 Å². The van der Waals surface area contributed by atoms with E-state index in [4.69, 9.17) is 9.47 Å². The Hall–Kier alpha value is -0.120. The third-order valence-electron chi connectivity index (χ3n) is 3.12. The van der Waals surface area contributed by atoms with Crippen LogP contribution < -0.4 is 5.32 Å². The molecule has 0 aromatic heterocycles. The molecule has 0 aromatic rings. The van der Waals surface area contributed by atoms with Gasteiger partial charge in [-0.3, -0.25) is 0 Å². The van der Waals surface area contributed by atoms with Crippen molar-refractivity contribution < 1.29 is 9.47 Å². The van der Waals surface area contributed by atoms with Crippen molar-refractivity contribution in [1.29, 1.82) is 0 Å². The Morgan fingerprint density at radius 2 is 1.82 bits per heavy atom. The summed E-state index contributed by atoms with van der Waals surface area (Å²) in [5.74, 6) is 0. The van der Waals surface area contributed by atoms with Crippen LogP contribution in [0.15, 0.2) is 0 Å². The molecule has 0 saturated carbocycles. The minimum absolute atomic E-state index is 0.0867. The fourth-order valence-corrected chi connectivity index (χ4v) is 2.50. The molecule has 1 heterocycles. The van der Waals surface area contributed by atoms with Crippen LogP contribution >= 0.6 is 0 Å². The Labute approximate surface area is 106 Å². The van der Waals surface area contributed by atoms with E-state index in [9.17, 15) is 0 Å². The van der Waals surface area contributed by atoms with E-state index < -0.39 is 0 Å². The quantitative estimate of drug-likeness (QED) is 0.728. The van der Waals surface area contributed by atoms with Crippen LogP contribution in [0.2, 0.25) is 0 Å². The molecule has 1 rings (SSSR count). The molecule has 1 saturated heterocycles. The van der Waals surface area contributed by atoms with Gasteiger partial charge in [-0.05, 0) is 53.5 Å². The molecular weight excluding hydrogens is 214 g/mol. The van der Waals surface area contributed by atoms with Crippen LogP contribution in [0.25, 0.3) is 0 Å². The predicted octanol–water partition coefficient (Wildman–Crippen LogP) is 2.74. The van der Waals surface area contributed by atoms with Gasteiger partial charge in [0.15, 0.2) is 0 Å². The van der Waals surface area contributed by atoms with Crippen LogP contribution in [-0.4, -0.2) is 37.0 Å². The third kappa shape index (κ3) is 5.84. The minimum atomic E-state index is -0.0867. The molecule has 2 unspecified atom stereocenters. The average molecular weight is 243 g/mol. The summed E-state index contributed by atoms with van der Waals surface area (Å²) in [7, 11) is 0. The lowest BCUT2D eigenvalue weighted by Crippen LogP contribution is -2.44. The van der Waals surface area contributed by atoms with E-state index in [0.717, 1.165) is 25.9 Å². The highest BCUT2D eigenvalue weighted by atomic mass is 16.5.